The molecule has 2 heterocycles. The van der Waals surface area contributed by atoms with Gasteiger partial charge < -0.3 is 10.4 Å². The van der Waals surface area contributed by atoms with Gasteiger partial charge in [-0.15, -0.1) is 0 Å². The first-order chi connectivity index (χ1) is 9.65. The fourth-order valence-corrected chi connectivity index (χ4v) is 1.62. The zero-order chi connectivity index (χ0) is 14.4. The third kappa shape index (κ3) is 4.07. The Hall–Kier alpha value is -2.39. The predicted molar refractivity (Wildman–Crippen MR) is 68.6 cm³/mol. The van der Waals surface area contributed by atoms with E-state index in [1.807, 2.05) is 0 Å². The van der Waals surface area contributed by atoms with Gasteiger partial charge in [0.05, 0.1) is 23.3 Å². The van der Waals surface area contributed by atoms with Crippen molar-refractivity contribution in [3.05, 3.63) is 46.8 Å². The van der Waals surface area contributed by atoms with E-state index in [9.17, 15) is 15.2 Å². The van der Waals surface area contributed by atoms with Crippen LogP contribution in [0.1, 0.15) is 5.69 Å². The van der Waals surface area contributed by atoms with E-state index in [1.165, 1.54) is 17.2 Å². The summed E-state index contributed by atoms with van der Waals surface area (Å²) in [6.07, 6.45) is 4.84. The molecule has 0 saturated carbocycles. The van der Waals surface area contributed by atoms with Crippen molar-refractivity contribution in [1.29, 1.82) is 0 Å². The summed E-state index contributed by atoms with van der Waals surface area (Å²) in [6.45, 7) is 1.03. The molecular formula is C11H14N6O3. The van der Waals surface area contributed by atoms with Crippen LogP contribution in [-0.4, -0.2) is 42.4 Å². The molecule has 0 bridgehead atoms. The maximum Gasteiger partial charge on any atom is 0.306 e. The van der Waals surface area contributed by atoms with Crippen molar-refractivity contribution in [2.45, 2.75) is 19.2 Å². The zero-order valence-electron chi connectivity index (χ0n) is 10.6. The van der Waals surface area contributed by atoms with E-state index in [0.717, 1.165) is 11.9 Å². The molecule has 0 saturated heterocycles. The minimum atomic E-state index is -0.698. The molecule has 2 rings (SSSR count). The van der Waals surface area contributed by atoms with Gasteiger partial charge in [0, 0.05) is 19.3 Å². The lowest BCUT2D eigenvalue weighted by Crippen LogP contribution is -2.30. The molecule has 20 heavy (non-hydrogen) atoms. The van der Waals surface area contributed by atoms with Crippen LogP contribution in [0.25, 0.3) is 0 Å². The normalized spacial score (nSPS) is 12.2. The number of nitrogens with one attached hydrogen (secondary N) is 1. The van der Waals surface area contributed by atoms with Crippen LogP contribution < -0.4 is 5.32 Å². The standard InChI is InChI=1S/C11H14N6O3/c18-11(5-13-3-9-1-2-12-8-14-9)7-16-6-10(4-15-16)17(19)20/h1-2,4,6,8,11,13,18H,3,5,7H2. The molecule has 2 aromatic rings. The van der Waals surface area contributed by atoms with E-state index in [0.29, 0.717) is 13.1 Å². The van der Waals surface area contributed by atoms with Crippen molar-refractivity contribution in [3.8, 4) is 0 Å². The Morgan fingerprint density at radius 3 is 3.05 bits per heavy atom. The van der Waals surface area contributed by atoms with E-state index in [1.54, 1.807) is 12.3 Å². The van der Waals surface area contributed by atoms with Gasteiger partial charge >= 0.3 is 5.69 Å². The van der Waals surface area contributed by atoms with Crippen LogP contribution in [0.4, 0.5) is 5.69 Å². The minimum absolute atomic E-state index is 0.0915. The molecule has 9 heteroatoms. The fraction of sp³-hybridized carbons (Fsp3) is 0.364. The number of aliphatic hydroxyl groups is 1. The number of rotatable bonds is 7. The maximum absolute atomic E-state index is 10.5. The summed E-state index contributed by atoms with van der Waals surface area (Å²) in [5.74, 6) is 0. The molecule has 0 amide bonds. The van der Waals surface area contributed by atoms with Crippen LogP contribution in [0.5, 0.6) is 0 Å². The highest BCUT2D eigenvalue weighted by Crippen LogP contribution is 2.07. The van der Waals surface area contributed by atoms with Crippen LogP contribution in [0.15, 0.2) is 31.0 Å². The van der Waals surface area contributed by atoms with E-state index in [2.05, 4.69) is 20.4 Å². The van der Waals surface area contributed by atoms with Gasteiger partial charge in [0.15, 0.2) is 0 Å². The summed E-state index contributed by atoms with van der Waals surface area (Å²) in [5.41, 5.74) is 0.730. The Morgan fingerprint density at radius 2 is 2.40 bits per heavy atom. The SMILES string of the molecule is O=[N+]([O-])c1cnn(CC(O)CNCc2ccncn2)c1. The van der Waals surface area contributed by atoms with Crippen molar-refractivity contribution in [1.82, 2.24) is 25.1 Å². The Morgan fingerprint density at radius 1 is 1.55 bits per heavy atom. The summed E-state index contributed by atoms with van der Waals surface area (Å²) in [6, 6.07) is 1.77. The molecule has 0 aliphatic rings. The first-order valence-corrected chi connectivity index (χ1v) is 5.95. The van der Waals surface area contributed by atoms with E-state index in [4.69, 9.17) is 0 Å². The van der Waals surface area contributed by atoms with Gasteiger partial charge in [0.1, 0.15) is 18.7 Å². The molecule has 9 nitrogen and oxygen atoms in total. The largest absolute Gasteiger partial charge is 0.390 e. The second kappa shape index (κ2) is 6.68. The topological polar surface area (TPSA) is 119 Å². The third-order valence-electron chi connectivity index (χ3n) is 2.56. The number of nitro groups is 1. The fourth-order valence-electron chi connectivity index (χ4n) is 1.62. The Balaban J connectivity index is 1.74. The first kappa shape index (κ1) is 14.0. The maximum atomic E-state index is 10.5. The lowest BCUT2D eigenvalue weighted by atomic mass is 10.3. The third-order valence-corrected chi connectivity index (χ3v) is 2.56. The summed E-state index contributed by atoms with van der Waals surface area (Å²) >= 11 is 0. The molecule has 0 fully saturated rings. The van der Waals surface area contributed by atoms with Crippen LogP contribution in [0.2, 0.25) is 0 Å². The molecule has 2 N–H and O–H groups in total. The van der Waals surface area contributed by atoms with Gasteiger partial charge in [0.2, 0.25) is 0 Å². The lowest BCUT2D eigenvalue weighted by Gasteiger charge is -2.11. The monoisotopic (exact) mass is 278 g/mol. The molecule has 106 valence electrons. The van der Waals surface area contributed by atoms with Crippen LogP contribution in [0.3, 0.4) is 0 Å². The van der Waals surface area contributed by atoms with Crippen LogP contribution in [-0.2, 0) is 13.1 Å². The molecule has 0 aliphatic heterocycles. The van der Waals surface area contributed by atoms with Crippen molar-refractivity contribution >= 4 is 5.69 Å². The van der Waals surface area contributed by atoms with Gasteiger partial charge in [-0.05, 0) is 6.07 Å². The highest BCUT2D eigenvalue weighted by molar-refractivity contribution is 5.20. The molecule has 0 aliphatic carbocycles. The smallest absolute Gasteiger partial charge is 0.306 e. The Labute approximate surface area is 114 Å². The molecule has 2 aromatic heterocycles. The summed E-state index contributed by atoms with van der Waals surface area (Å²) in [7, 11) is 0. The van der Waals surface area contributed by atoms with Gasteiger partial charge in [-0.2, -0.15) is 5.10 Å². The number of hydrogen-bond acceptors (Lipinski definition) is 7. The summed E-state index contributed by atoms with van der Waals surface area (Å²) < 4.78 is 1.34. The number of nitrogens with zero attached hydrogens (tertiary/aromatic N) is 5. The van der Waals surface area contributed by atoms with Crippen molar-refractivity contribution < 1.29 is 10.0 Å². The van der Waals surface area contributed by atoms with Gasteiger partial charge in [-0.25, -0.2) is 9.97 Å². The zero-order valence-corrected chi connectivity index (χ0v) is 10.6. The second-order valence-electron chi connectivity index (χ2n) is 4.16. The highest BCUT2D eigenvalue weighted by atomic mass is 16.6. The summed E-state index contributed by atoms with van der Waals surface area (Å²) in [5, 5.41) is 27.1. The Kier molecular flexibility index (Phi) is 4.69. The highest BCUT2D eigenvalue weighted by Gasteiger charge is 2.11. The first-order valence-electron chi connectivity index (χ1n) is 5.95. The molecular weight excluding hydrogens is 264 g/mol. The lowest BCUT2D eigenvalue weighted by molar-refractivity contribution is -0.385. The average molecular weight is 278 g/mol. The van der Waals surface area contributed by atoms with Gasteiger partial charge in [0.25, 0.3) is 0 Å². The van der Waals surface area contributed by atoms with Crippen molar-refractivity contribution in [2.24, 2.45) is 0 Å². The molecule has 0 radical (unpaired) electrons. The quantitative estimate of drug-likeness (QED) is 0.528. The second-order valence-corrected chi connectivity index (χ2v) is 4.16. The number of hydrogen-bond donors (Lipinski definition) is 2. The number of aliphatic hydroxyl groups excluding tert-OH is 1. The average Bonchev–Trinajstić information content (AvgIpc) is 2.88. The van der Waals surface area contributed by atoms with Crippen LogP contribution in [0, 0.1) is 10.1 Å². The van der Waals surface area contributed by atoms with E-state index < -0.39 is 11.0 Å². The van der Waals surface area contributed by atoms with Gasteiger partial charge in [-0.3, -0.25) is 14.8 Å². The van der Waals surface area contributed by atoms with Crippen molar-refractivity contribution in [2.75, 3.05) is 6.54 Å². The molecule has 0 aromatic carbocycles. The molecule has 1 unspecified atom stereocenters. The number of aromatic nitrogens is 4. The molecule has 1 atom stereocenters. The van der Waals surface area contributed by atoms with E-state index >= 15 is 0 Å². The van der Waals surface area contributed by atoms with Crippen LogP contribution >= 0.6 is 0 Å². The predicted octanol–water partition coefficient (Wildman–Crippen LogP) is -0.268. The van der Waals surface area contributed by atoms with Gasteiger partial charge in [-0.1, -0.05) is 0 Å². The molecule has 0 spiro atoms. The van der Waals surface area contributed by atoms with Crippen molar-refractivity contribution in [3.63, 3.8) is 0 Å². The minimum Gasteiger partial charge on any atom is -0.390 e. The van der Waals surface area contributed by atoms with E-state index in [-0.39, 0.29) is 12.2 Å². The Bertz CT molecular complexity index is 558. The summed E-state index contributed by atoms with van der Waals surface area (Å²) in [4.78, 5) is 17.8.